The molecule has 2 aromatic carbocycles. The smallest absolute Gasteiger partial charge is 0.164 e. The predicted molar refractivity (Wildman–Crippen MR) is 84.8 cm³/mol. The lowest BCUT2D eigenvalue weighted by Crippen LogP contribution is -2.24. The predicted octanol–water partition coefficient (Wildman–Crippen LogP) is 4.69. The zero-order chi connectivity index (χ0) is 15.4. The van der Waals surface area contributed by atoms with Gasteiger partial charge < -0.3 is 5.32 Å². The van der Waals surface area contributed by atoms with Crippen LogP contribution in [0.15, 0.2) is 41.3 Å². The first-order valence-electron chi connectivity index (χ1n) is 6.91. The van der Waals surface area contributed by atoms with Crippen LogP contribution >= 0.6 is 11.8 Å². The number of thioether (sulfide) groups is 1. The lowest BCUT2D eigenvalue weighted by Gasteiger charge is -2.22. The van der Waals surface area contributed by atoms with Gasteiger partial charge in [-0.05, 0) is 36.9 Å². The van der Waals surface area contributed by atoms with Crippen molar-refractivity contribution in [1.29, 1.82) is 0 Å². The molecule has 0 heterocycles. The summed E-state index contributed by atoms with van der Waals surface area (Å²) in [5, 5.41) is 3.26. The first kappa shape index (κ1) is 16.0. The van der Waals surface area contributed by atoms with Gasteiger partial charge in [0.05, 0.1) is 6.04 Å². The van der Waals surface area contributed by atoms with Gasteiger partial charge in [0.2, 0.25) is 0 Å². The van der Waals surface area contributed by atoms with E-state index in [4.69, 9.17) is 0 Å². The number of nitrogens with one attached hydrogen (secondary N) is 1. The molecule has 0 radical (unpaired) electrons. The van der Waals surface area contributed by atoms with Crippen molar-refractivity contribution in [2.24, 2.45) is 0 Å². The van der Waals surface area contributed by atoms with E-state index < -0.39 is 11.6 Å². The zero-order valence-corrected chi connectivity index (χ0v) is 13.2. The fraction of sp³-hybridized carbons (Fsp3) is 0.294. The molecule has 2 rings (SSSR count). The minimum Gasteiger partial charge on any atom is -0.306 e. The van der Waals surface area contributed by atoms with Gasteiger partial charge in [-0.2, -0.15) is 0 Å². The SMILES string of the molecule is CCNC(c1ccccc1SC)c1ccc(C)c(F)c1F. The molecule has 0 aliphatic heterocycles. The Morgan fingerprint density at radius 3 is 2.43 bits per heavy atom. The third-order valence-corrected chi connectivity index (χ3v) is 4.29. The Morgan fingerprint density at radius 1 is 1.05 bits per heavy atom. The van der Waals surface area contributed by atoms with Crippen LogP contribution in [0.4, 0.5) is 8.78 Å². The second-order valence-electron chi connectivity index (χ2n) is 4.83. The van der Waals surface area contributed by atoms with Crippen LogP contribution in [0.25, 0.3) is 0 Å². The van der Waals surface area contributed by atoms with Crippen LogP contribution in [0, 0.1) is 18.6 Å². The van der Waals surface area contributed by atoms with Crippen molar-refractivity contribution < 1.29 is 8.78 Å². The molecular weight excluding hydrogens is 288 g/mol. The maximum atomic E-state index is 14.3. The van der Waals surface area contributed by atoms with Gasteiger partial charge in [0, 0.05) is 10.5 Å². The highest BCUT2D eigenvalue weighted by atomic mass is 32.2. The van der Waals surface area contributed by atoms with E-state index in [1.807, 2.05) is 37.4 Å². The summed E-state index contributed by atoms with van der Waals surface area (Å²) in [5.41, 5.74) is 1.64. The fourth-order valence-corrected chi connectivity index (χ4v) is 3.02. The average Bonchev–Trinajstić information content (AvgIpc) is 2.51. The Bertz CT molecular complexity index is 628. The number of hydrogen-bond donors (Lipinski definition) is 1. The molecule has 0 aliphatic carbocycles. The highest BCUT2D eigenvalue weighted by Gasteiger charge is 2.22. The van der Waals surface area contributed by atoms with Crippen molar-refractivity contribution in [2.45, 2.75) is 24.8 Å². The Morgan fingerprint density at radius 2 is 1.76 bits per heavy atom. The normalized spacial score (nSPS) is 12.4. The molecule has 112 valence electrons. The molecule has 0 fully saturated rings. The van der Waals surface area contributed by atoms with Crippen LogP contribution in [0.2, 0.25) is 0 Å². The quantitative estimate of drug-likeness (QED) is 0.804. The van der Waals surface area contributed by atoms with Crippen molar-refractivity contribution in [3.8, 4) is 0 Å². The van der Waals surface area contributed by atoms with E-state index >= 15 is 0 Å². The van der Waals surface area contributed by atoms with Crippen LogP contribution in [-0.2, 0) is 0 Å². The molecular formula is C17H19F2NS. The van der Waals surface area contributed by atoms with E-state index in [2.05, 4.69) is 5.32 Å². The summed E-state index contributed by atoms with van der Waals surface area (Å²) >= 11 is 1.60. The van der Waals surface area contributed by atoms with E-state index in [9.17, 15) is 8.78 Å². The summed E-state index contributed by atoms with van der Waals surface area (Å²) in [4.78, 5) is 1.06. The molecule has 1 N–H and O–H groups in total. The lowest BCUT2D eigenvalue weighted by atomic mass is 9.96. The van der Waals surface area contributed by atoms with Gasteiger partial charge in [-0.3, -0.25) is 0 Å². The Labute approximate surface area is 128 Å². The Balaban J connectivity index is 2.56. The highest BCUT2D eigenvalue weighted by Crippen LogP contribution is 2.32. The minimum atomic E-state index is -0.767. The van der Waals surface area contributed by atoms with Gasteiger partial charge in [-0.15, -0.1) is 11.8 Å². The second kappa shape index (κ2) is 7.05. The molecule has 0 amide bonds. The van der Waals surface area contributed by atoms with Gasteiger partial charge in [0.15, 0.2) is 11.6 Å². The molecule has 1 nitrogen and oxygen atoms in total. The molecule has 4 heteroatoms. The lowest BCUT2D eigenvalue weighted by molar-refractivity contribution is 0.477. The van der Waals surface area contributed by atoms with Crippen LogP contribution < -0.4 is 5.32 Å². The van der Waals surface area contributed by atoms with Crippen LogP contribution in [0.5, 0.6) is 0 Å². The first-order valence-corrected chi connectivity index (χ1v) is 8.13. The molecule has 0 bridgehead atoms. The third-order valence-electron chi connectivity index (χ3n) is 3.47. The molecule has 21 heavy (non-hydrogen) atoms. The summed E-state index contributed by atoms with van der Waals surface area (Å²) in [5.74, 6) is -1.53. The molecule has 1 atom stereocenters. The molecule has 0 aliphatic rings. The third kappa shape index (κ3) is 3.27. The number of rotatable bonds is 5. The summed E-state index contributed by atoms with van der Waals surface area (Å²) in [6, 6.07) is 10.8. The maximum absolute atomic E-state index is 14.3. The summed E-state index contributed by atoms with van der Waals surface area (Å²) in [7, 11) is 0. The first-order chi connectivity index (χ1) is 10.1. The summed E-state index contributed by atoms with van der Waals surface area (Å²) < 4.78 is 28.2. The topological polar surface area (TPSA) is 12.0 Å². The Kier molecular flexibility index (Phi) is 5.37. The summed E-state index contributed by atoms with van der Waals surface area (Å²) in [6.45, 7) is 4.19. The van der Waals surface area contributed by atoms with E-state index in [-0.39, 0.29) is 6.04 Å². The van der Waals surface area contributed by atoms with Crippen molar-refractivity contribution in [1.82, 2.24) is 5.32 Å². The van der Waals surface area contributed by atoms with Crippen molar-refractivity contribution in [3.63, 3.8) is 0 Å². The van der Waals surface area contributed by atoms with Gasteiger partial charge >= 0.3 is 0 Å². The molecule has 0 saturated heterocycles. The van der Waals surface area contributed by atoms with Crippen molar-refractivity contribution >= 4 is 11.8 Å². The molecule has 0 saturated carbocycles. The number of aryl methyl sites for hydroxylation is 1. The zero-order valence-electron chi connectivity index (χ0n) is 12.4. The van der Waals surface area contributed by atoms with Crippen molar-refractivity contribution in [3.05, 3.63) is 64.7 Å². The maximum Gasteiger partial charge on any atom is 0.164 e. The molecule has 2 aromatic rings. The Hall–Kier alpha value is -1.39. The summed E-state index contributed by atoms with van der Waals surface area (Å²) in [6.07, 6.45) is 1.98. The number of benzene rings is 2. The van der Waals surface area contributed by atoms with Crippen LogP contribution in [0.3, 0.4) is 0 Å². The van der Waals surface area contributed by atoms with E-state index in [0.29, 0.717) is 17.7 Å². The van der Waals surface area contributed by atoms with Crippen LogP contribution in [-0.4, -0.2) is 12.8 Å². The van der Waals surface area contributed by atoms with E-state index in [0.717, 1.165) is 10.5 Å². The van der Waals surface area contributed by atoms with Crippen molar-refractivity contribution in [2.75, 3.05) is 12.8 Å². The van der Waals surface area contributed by atoms with Gasteiger partial charge in [0.25, 0.3) is 0 Å². The minimum absolute atomic E-state index is 0.324. The van der Waals surface area contributed by atoms with Crippen LogP contribution in [0.1, 0.15) is 29.7 Å². The van der Waals surface area contributed by atoms with Gasteiger partial charge in [-0.25, -0.2) is 8.78 Å². The molecule has 1 unspecified atom stereocenters. The van der Waals surface area contributed by atoms with Gasteiger partial charge in [0.1, 0.15) is 0 Å². The van der Waals surface area contributed by atoms with Gasteiger partial charge in [-0.1, -0.05) is 37.3 Å². The highest BCUT2D eigenvalue weighted by molar-refractivity contribution is 7.98. The average molecular weight is 307 g/mol. The number of halogens is 2. The number of hydrogen-bond acceptors (Lipinski definition) is 2. The molecule has 0 spiro atoms. The van der Waals surface area contributed by atoms with E-state index in [1.165, 1.54) is 0 Å². The van der Waals surface area contributed by atoms with E-state index in [1.54, 1.807) is 30.8 Å². The molecule has 0 aromatic heterocycles. The monoisotopic (exact) mass is 307 g/mol. The second-order valence-corrected chi connectivity index (χ2v) is 5.68. The standard InChI is InChI=1S/C17H19F2NS/c1-4-20-17(12-7-5-6-8-14(12)21-3)13-10-9-11(2)15(18)16(13)19/h5-10,17,20H,4H2,1-3H3. The fourth-order valence-electron chi connectivity index (χ4n) is 2.38. The largest absolute Gasteiger partial charge is 0.306 e.